The maximum absolute atomic E-state index is 9.70. The van der Waals surface area contributed by atoms with Crippen LogP contribution in [0.4, 0.5) is 0 Å². The average molecular weight is 295 g/mol. The summed E-state index contributed by atoms with van der Waals surface area (Å²) in [7, 11) is 0. The van der Waals surface area contributed by atoms with Gasteiger partial charge in [-0.05, 0) is 37.8 Å². The first-order chi connectivity index (χ1) is 10.7. The zero-order chi connectivity index (χ0) is 15.5. The number of hydrogen-bond donors (Lipinski definition) is 2. The van der Waals surface area contributed by atoms with Gasteiger partial charge in [0.05, 0.1) is 5.70 Å². The normalized spacial score (nSPS) is 20.4. The molecule has 1 aliphatic heterocycles. The summed E-state index contributed by atoms with van der Waals surface area (Å²) in [5, 5.41) is 12.9. The number of nitrogens with one attached hydrogen (secondary N) is 1. The third kappa shape index (κ3) is 3.06. The van der Waals surface area contributed by atoms with Crippen molar-refractivity contribution < 1.29 is 5.11 Å². The molecule has 0 amide bonds. The summed E-state index contributed by atoms with van der Waals surface area (Å²) in [5.41, 5.74) is 2.73. The third-order valence-corrected chi connectivity index (χ3v) is 3.89. The van der Waals surface area contributed by atoms with Gasteiger partial charge >= 0.3 is 0 Å². The molecular weight excluding hydrogens is 274 g/mol. The number of amidine groups is 1. The summed E-state index contributed by atoms with van der Waals surface area (Å²) in [6, 6.07) is 7.23. The number of aromatic hydroxyl groups is 1. The zero-order valence-electron chi connectivity index (χ0n) is 12.8. The number of aliphatic imine (C=N–C) groups is 1. The van der Waals surface area contributed by atoms with Crippen molar-refractivity contribution in [2.45, 2.75) is 19.8 Å². The lowest BCUT2D eigenvalue weighted by Crippen LogP contribution is -2.33. The van der Waals surface area contributed by atoms with E-state index >= 15 is 0 Å². The van der Waals surface area contributed by atoms with E-state index in [4.69, 9.17) is 0 Å². The largest absolute Gasteiger partial charge is 0.508 e. The number of rotatable bonds is 4. The molecule has 1 fully saturated rings. The molecular formula is C18H21N3O. The Labute approximate surface area is 131 Å². The molecule has 3 rings (SSSR count). The first-order valence-electron chi connectivity index (χ1n) is 7.61. The molecule has 0 unspecified atom stereocenters. The minimum atomic E-state index is 0.254. The molecule has 114 valence electrons. The molecule has 0 bridgehead atoms. The van der Waals surface area contributed by atoms with E-state index < -0.39 is 0 Å². The van der Waals surface area contributed by atoms with E-state index in [2.05, 4.69) is 16.9 Å². The molecule has 2 N–H and O–H groups in total. The minimum absolute atomic E-state index is 0.254. The van der Waals surface area contributed by atoms with Crippen molar-refractivity contribution in [3.05, 3.63) is 60.6 Å². The van der Waals surface area contributed by atoms with Crippen LogP contribution in [0.25, 0.3) is 5.70 Å². The summed E-state index contributed by atoms with van der Waals surface area (Å²) in [5.74, 6) is 1.81. The second-order valence-corrected chi connectivity index (χ2v) is 5.63. The molecule has 1 saturated carbocycles. The third-order valence-electron chi connectivity index (χ3n) is 3.89. The van der Waals surface area contributed by atoms with Crippen LogP contribution in [0, 0.1) is 5.92 Å². The van der Waals surface area contributed by atoms with Gasteiger partial charge in [-0.1, -0.05) is 24.8 Å². The highest BCUT2D eigenvalue weighted by molar-refractivity contribution is 6.00. The van der Waals surface area contributed by atoms with E-state index in [-0.39, 0.29) is 5.75 Å². The van der Waals surface area contributed by atoms with E-state index in [1.807, 2.05) is 42.4 Å². The van der Waals surface area contributed by atoms with Crippen LogP contribution in [0.1, 0.15) is 25.3 Å². The Morgan fingerprint density at radius 3 is 3.00 bits per heavy atom. The molecule has 0 saturated heterocycles. The van der Waals surface area contributed by atoms with Crippen LogP contribution < -0.4 is 5.32 Å². The number of hydrogen-bond acceptors (Lipinski definition) is 3. The Kier molecular flexibility index (Phi) is 4.00. The van der Waals surface area contributed by atoms with Gasteiger partial charge in [0.15, 0.2) is 0 Å². The summed E-state index contributed by atoms with van der Waals surface area (Å²) >= 11 is 0. The van der Waals surface area contributed by atoms with Gasteiger partial charge in [-0.25, -0.2) is 0 Å². The Bertz CT molecular complexity index is 669. The lowest BCUT2D eigenvalue weighted by Gasteiger charge is -2.30. The van der Waals surface area contributed by atoms with Crippen molar-refractivity contribution in [3.8, 4) is 5.75 Å². The highest BCUT2D eigenvalue weighted by atomic mass is 16.3. The topological polar surface area (TPSA) is 47.9 Å². The van der Waals surface area contributed by atoms with Gasteiger partial charge in [0.2, 0.25) is 0 Å². The highest BCUT2D eigenvalue weighted by Crippen LogP contribution is 2.30. The molecule has 0 spiro atoms. The van der Waals surface area contributed by atoms with E-state index in [9.17, 15) is 5.11 Å². The first-order valence-corrected chi connectivity index (χ1v) is 7.61. The van der Waals surface area contributed by atoms with Gasteiger partial charge in [0.1, 0.15) is 11.6 Å². The zero-order valence-corrected chi connectivity index (χ0v) is 12.8. The van der Waals surface area contributed by atoms with Crippen LogP contribution in [0.15, 0.2) is 60.0 Å². The molecule has 1 aromatic rings. The fraction of sp³-hybridized carbons (Fsp3) is 0.278. The molecule has 4 nitrogen and oxygen atoms in total. The van der Waals surface area contributed by atoms with Gasteiger partial charge in [-0.15, -0.1) is 0 Å². The maximum atomic E-state index is 9.70. The monoisotopic (exact) mass is 295 g/mol. The fourth-order valence-corrected chi connectivity index (χ4v) is 2.47. The molecule has 4 heteroatoms. The molecule has 22 heavy (non-hydrogen) atoms. The molecule has 0 atom stereocenters. The lowest BCUT2D eigenvalue weighted by atomic mass is 10.1. The Morgan fingerprint density at radius 2 is 2.32 bits per heavy atom. The van der Waals surface area contributed by atoms with E-state index in [0.29, 0.717) is 0 Å². The van der Waals surface area contributed by atoms with Crippen LogP contribution in [0.3, 0.4) is 0 Å². The second-order valence-electron chi connectivity index (χ2n) is 5.63. The minimum Gasteiger partial charge on any atom is -0.508 e. The van der Waals surface area contributed by atoms with Crippen LogP contribution in [0.2, 0.25) is 0 Å². The number of allylic oxidation sites excluding steroid dienone is 1. The van der Waals surface area contributed by atoms with Gasteiger partial charge in [0, 0.05) is 30.2 Å². The van der Waals surface area contributed by atoms with Crippen LogP contribution in [0.5, 0.6) is 5.75 Å². The molecule has 0 aromatic heterocycles. The summed E-state index contributed by atoms with van der Waals surface area (Å²) in [6.07, 6.45) is 8.37. The van der Waals surface area contributed by atoms with Gasteiger partial charge in [-0.3, -0.25) is 4.99 Å². The van der Waals surface area contributed by atoms with E-state index in [1.54, 1.807) is 12.1 Å². The number of phenols is 1. The summed E-state index contributed by atoms with van der Waals surface area (Å²) in [4.78, 5) is 6.64. The Morgan fingerprint density at radius 1 is 1.50 bits per heavy atom. The smallest absolute Gasteiger partial charge is 0.149 e. The fourth-order valence-electron chi connectivity index (χ4n) is 2.47. The molecule has 1 aromatic carbocycles. The quantitative estimate of drug-likeness (QED) is 0.894. The molecule has 1 aliphatic carbocycles. The van der Waals surface area contributed by atoms with Crippen molar-refractivity contribution in [3.63, 3.8) is 0 Å². The summed E-state index contributed by atoms with van der Waals surface area (Å²) in [6.45, 7) is 7.01. The van der Waals surface area contributed by atoms with Crippen molar-refractivity contribution in [1.82, 2.24) is 10.2 Å². The van der Waals surface area contributed by atoms with E-state index in [1.165, 1.54) is 12.8 Å². The lowest BCUT2D eigenvalue weighted by molar-refractivity contribution is 0.475. The van der Waals surface area contributed by atoms with Crippen molar-refractivity contribution in [1.29, 1.82) is 0 Å². The summed E-state index contributed by atoms with van der Waals surface area (Å²) < 4.78 is 0. The highest BCUT2D eigenvalue weighted by Gasteiger charge is 2.23. The second kappa shape index (κ2) is 6.10. The SMILES string of the molecule is C=C1C(=NCC2CC2)NC=CN1/C(=C\C)c1cccc(O)c1. The predicted octanol–water partition coefficient (Wildman–Crippen LogP) is 3.45. The van der Waals surface area contributed by atoms with E-state index in [0.717, 1.165) is 35.3 Å². The number of benzene rings is 1. The molecule has 0 radical (unpaired) electrons. The average Bonchev–Trinajstić information content (AvgIpc) is 3.33. The molecule has 1 heterocycles. The van der Waals surface area contributed by atoms with Gasteiger partial charge in [-0.2, -0.15) is 0 Å². The van der Waals surface area contributed by atoms with Gasteiger partial charge in [0.25, 0.3) is 0 Å². The van der Waals surface area contributed by atoms with Crippen molar-refractivity contribution in [2.24, 2.45) is 10.9 Å². The standard InChI is InChI=1S/C18H21N3O/c1-3-17(15-5-4-6-16(22)11-15)21-10-9-19-18(13(21)2)20-12-14-7-8-14/h3-6,9-11,14,22H,2,7-8,12H2,1H3,(H,19,20)/b17-3-. The van der Waals surface area contributed by atoms with Crippen molar-refractivity contribution >= 4 is 11.5 Å². The number of nitrogens with zero attached hydrogens (tertiary/aromatic N) is 2. The van der Waals surface area contributed by atoms with Crippen molar-refractivity contribution in [2.75, 3.05) is 6.54 Å². The maximum Gasteiger partial charge on any atom is 0.149 e. The Balaban J connectivity index is 1.85. The van der Waals surface area contributed by atoms with Crippen LogP contribution >= 0.6 is 0 Å². The van der Waals surface area contributed by atoms with Crippen LogP contribution in [-0.2, 0) is 0 Å². The Hall–Kier alpha value is -2.49. The molecule has 2 aliphatic rings. The number of phenolic OH excluding ortho intramolecular Hbond substituents is 1. The predicted molar refractivity (Wildman–Crippen MR) is 90.0 cm³/mol. The van der Waals surface area contributed by atoms with Crippen LogP contribution in [-0.4, -0.2) is 22.4 Å². The first kappa shape index (κ1) is 14.4. The van der Waals surface area contributed by atoms with Gasteiger partial charge < -0.3 is 15.3 Å².